The molecule has 1 rings (SSSR count). The van der Waals surface area contributed by atoms with Crippen LogP contribution in [0.3, 0.4) is 0 Å². The predicted molar refractivity (Wildman–Crippen MR) is 75.2 cm³/mol. The number of aryl methyl sites for hydroxylation is 1. The quantitative estimate of drug-likeness (QED) is 0.717. The highest BCUT2D eigenvalue weighted by molar-refractivity contribution is 5.20. The highest BCUT2D eigenvalue weighted by Crippen LogP contribution is 2.16. The Hall–Kier alpha value is -1.24. The van der Waals surface area contributed by atoms with Gasteiger partial charge in [-0.2, -0.15) is 0 Å². The van der Waals surface area contributed by atoms with E-state index in [0.717, 1.165) is 44.1 Å². The maximum atomic E-state index is 5.87. The van der Waals surface area contributed by atoms with Crippen LogP contribution in [0.5, 0.6) is 0 Å². The largest absolute Gasteiger partial charge is 0.463 e. The molecule has 0 saturated heterocycles. The van der Waals surface area contributed by atoms with Crippen LogP contribution in [-0.2, 0) is 13.1 Å². The monoisotopic (exact) mass is 248 g/mol. The Morgan fingerprint density at radius 1 is 1.44 bits per heavy atom. The Morgan fingerprint density at radius 2 is 2.22 bits per heavy atom. The van der Waals surface area contributed by atoms with Crippen LogP contribution in [-0.4, -0.2) is 24.5 Å². The Kier molecular flexibility index (Phi) is 6.56. The van der Waals surface area contributed by atoms with Crippen LogP contribution in [0.25, 0.3) is 0 Å². The van der Waals surface area contributed by atoms with E-state index in [1.54, 1.807) is 0 Å². The van der Waals surface area contributed by atoms with E-state index in [4.69, 9.17) is 10.8 Å². The highest BCUT2D eigenvalue weighted by Gasteiger charge is 2.10. The molecular weight excluding hydrogens is 224 g/mol. The molecule has 0 aromatic carbocycles. The van der Waals surface area contributed by atoms with Crippen LogP contribution in [0.2, 0.25) is 0 Å². The molecule has 1 N–H and O–H groups in total. The SMILES string of the molecule is C#CCN(CCC)Cc1cc(C)c(CNCC)o1. The Balaban J connectivity index is 2.63. The van der Waals surface area contributed by atoms with Gasteiger partial charge in [-0.1, -0.05) is 19.8 Å². The van der Waals surface area contributed by atoms with Crippen LogP contribution < -0.4 is 5.32 Å². The zero-order chi connectivity index (χ0) is 13.4. The van der Waals surface area contributed by atoms with Crippen molar-refractivity contribution in [1.29, 1.82) is 0 Å². The fourth-order valence-electron chi connectivity index (χ4n) is 1.96. The molecule has 1 aromatic rings. The number of nitrogens with zero attached hydrogens (tertiary/aromatic N) is 1. The molecule has 0 saturated carbocycles. The third kappa shape index (κ3) is 4.56. The molecule has 100 valence electrons. The van der Waals surface area contributed by atoms with E-state index in [1.165, 1.54) is 5.56 Å². The van der Waals surface area contributed by atoms with Gasteiger partial charge in [0.25, 0.3) is 0 Å². The molecule has 3 heteroatoms. The lowest BCUT2D eigenvalue weighted by molar-refractivity contribution is 0.268. The number of terminal acetylenes is 1. The zero-order valence-electron chi connectivity index (χ0n) is 11.8. The number of hydrogen-bond donors (Lipinski definition) is 1. The van der Waals surface area contributed by atoms with Gasteiger partial charge in [0, 0.05) is 0 Å². The molecule has 0 radical (unpaired) electrons. The van der Waals surface area contributed by atoms with Crippen molar-refractivity contribution in [2.45, 2.75) is 40.3 Å². The molecule has 0 fully saturated rings. The van der Waals surface area contributed by atoms with Crippen LogP contribution in [0, 0.1) is 19.3 Å². The van der Waals surface area contributed by atoms with E-state index in [2.05, 4.69) is 43.0 Å². The molecule has 0 unspecified atom stereocenters. The lowest BCUT2D eigenvalue weighted by Gasteiger charge is -2.16. The number of hydrogen-bond acceptors (Lipinski definition) is 3. The smallest absolute Gasteiger partial charge is 0.120 e. The third-order valence-electron chi connectivity index (χ3n) is 2.84. The van der Waals surface area contributed by atoms with Gasteiger partial charge in [0.2, 0.25) is 0 Å². The van der Waals surface area contributed by atoms with Crippen molar-refractivity contribution in [3.05, 3.63) is 23.2 Å². The first kappa shape index (κ1) is 14.8. The van der Waals surface area contributed by atoms with Gasteiger partial charge < -0.3 is 9.73 Å². The lowest BCUT2D eigenvalue weighted by atomic mass is 10.2. The summed E-state index contributed by atoms with van der Waals surface area (Å²) in [5.74, 6) is 4.74. The van der Waals surface area contributed by atoms with Gasteiger partial charge in [-0.25, -0.2) is 0 Å². The first-order chi connectivity index (χ1) is 8.71. The second kappa shape index (κ2) is 7.97. The van der Waals surface area contributed by atoms with E-state index in [-0.39, 0.29) is 0 Å². The third-order valence-corrected chi connectivity index (χ3v) is 2.84. The van der Waals surface area contributed by atoms with Crippen molar-refractivity contribution in [3.63, 3.8) is 0 Å². The summed E-state index contributed by atoms with van der Waals surface area (Å²) >= 11 is 0. The molecule has 0 atom stereocenters. The van der Waals surface area contributed by atoms with Crippen LogP contribution in [0.15, 0.2) is 10.5 Å². The molecule has 1 heterocycles. The van der Waals surface area contributed by atoms with Gasteiger partial charge >= 0.3 is 0 Å². The minimum atomic E-state index is 0.677. The van der Waals surface area contributed by atoms with Crippen LogP contribution in [0.4, 0.5) is 0 Å². The van der Waals surface area contributed by atoms with Crippen molar-refractivity contribution in [2.24, 2.45) is 0 Å². The summed E-state index contributed by atoms with van der Waals surface area (Å²) in [5.41, 5.74) is 1.21. The fourth-order valence-corrected chi connectivity index (χ4v) is 1.96. The second-order valence-electron chi connectivity index (χ2n) is 4.51. The summed E-state index contributed by atoms with van der Waals surface area (Å²) in [6.07, 6.45) is 6.48. The summed E-state index contributed by atoms with van der Waals surface area (Å²) < 4.78 is 5.87. The number of nitrogens with one attached hydrogen (secondary N) is 1. The molecule has 1 aromatic heterocycles. The minimum absolute atomic E-state index is 0.677. The molecule has 0 bridgehead atoms. The Labute approximate surface area is 111 Å². The molecule has 0 aliphatic carbocycles. The normalized spacial score (nSPS) is 10.8. The topological polar surface area (TPSA) is 28.4 Å². The van der Waals surface area contributed by atoms with Gasteiger partial charge in [-0.05, 0) is 38.1 Å². The minimum Gasteiger partial charge on any atom is -0.463 e. The van der Waals surface area contributed by atoms with E-state index in [9.17, 15) is 0 Å². The van der Waals surface area contributed by atoms with Gasteiger partial charge in [-0.15, -0.1) is 6.42 Å². The molecule has 0 amide bonds. The van der Waals surface area contributed by atoms with Crippen molar-refractivity contribution in [3.8, 4) is 12.3 Å². The Bertz CT molecular complexity index is 390. The molecule has 0 aliphatic heterocycles. The van der Waals surface area contributed by atoms with Gasteiger partial charge in [0.05, 0.1) is 19.6 Å². The number of furan rings is 1. The molecule has 0 aliphatic rings. The first-order valence-corrected chi connectivity index (χ1v) is 6.65. The van der Waals surface area contributed by atoms with Crippen molar-refractivity contribution < 1.29 is 4.42 Å². The van der Waals surface area contributed by atoms with E-state index >= 15 is 0 Å². The molecule has 0 spiro atoms. The summed E-state index contributed by atoms with van der Waals surface area (Å²) in [7, 11) is 0. The highest BCUT2D eigenvalue weighted by atomic mass is 16.3. The van der Waals surface area contributed by atoms with E-state index in [1.807, 2.05) is 0 Å². The fraction of sp³-hybridized carbons (Fsp3) is 0.600. The van der Waals surface area contributed by atoms with Gasteiger partial charge in [0.1, 0.15) is 11.5 Å². The van der Waals surface area contributed by atoms with Crippen molar-refractivity contribution >= 4 is 0 Å². The zero-order valence-corrected chi connectivity index (χ0v) is 11.8. The second-order valence-corrected chi connectivity index (χ2v) is 4.51. The molecule has 3 nitrogen and oxygen atoms in total. The summed E-state index contributed by atoms with van der Waals surface area (Å²) in [6, 6.07) is 2.12. The summed E-state index contributed by atoms with van der Waals surface area (Å²) in [4.78, 5) is 2.23. The average molecular weight is 248 g/mol. The van der Waals surface area contributed by atoms with Gasteiger partial charge in [0.15, 0.2) is 0 Å². The van der Waals surface area contributed by atoms with E-state index < -0.39 is 0 Å². The van der Waals surface area contributed by atoms with Crippen molar-refractivity contribution in [1.82, 2.24) is 10.2 Å². The number of rotatable bonds is 8. The molecular formula is C15H24N2O. The van der Waals surface area contributed by atoms with Crippen molar-refractivity contribution in [2.75, 3.05) is 19.6 Å². The lowest BCUT2D eigenvalue weighted by Crippen LogP contribution is -2.24. The standard InChI is InChI=1S/C15H24N2O/c1-5-8-17(9-6-2)12-14-10-13(4)15(18-14)11-16-7-3/h1,10,16H,6-9,11-12H2,2-4H3. The van der Waals surface area contributed by atoms with E-state index in [0.29, 0.717) is 6.54 Å². The molecule has 18 heavy (non-hydrogen) atoms. The van der Waals surface area contributed by atoms with Crippen LogP contribution in [0.1, 0.15) is 37.4 Å². The Morgan fingerprint density at radius 3 is 2.83 bits per heavy atom. The maximum absolute atomic E-state index is 5.87. The summed E-state index contributed by atoms with van der Waals surface area (Å²) in [6.45, 7) is 10.6. The first-order valence-electron chi connectivity index (χ1n) is 6.65. The van der Waals surface area contributed by atoms with Gasteiger partial charge in [-0.3, -0.25) is 4.90 Å². The summed E-state index contributed by atoms with van der Waals surface area (Å²) in [5, 5.41) is 3.28. The average Bonchev–Trinajstić information content (AvgIpc) is 2.67. The maximum Gasteiger partial charge on any atom is 0.120 e. The predicted octanol–water partition coefficient (Wildman–Crippen LogP) is 2.54. The van der Waals surface area contributed by atoms with Crippen LogP contribution >= 0.6 is 0 Å².